The second kappa shape index (κ2) is 5.16. The number of aromatic nitrogens is 3. The first-order valence-electron chi connectivity index (χ1n) is 5.69. The van der Waals surface area contributed by atoms with Gasteiger partial charge in [0.05, 0.1) is 18.5 Å². The standard InChI is InChI=1S/C11H17N3O/c15-7-6-11-13-10(8-12-14-11)9-4-2-1-3-5-9/h8-9,15H,1-7H2. The van der Waals surface area contributed by atoms with Gasteiger partial charge in [0, 0.05) is 12.3 Å². The lowest BCUT2D eigenvalue weighted by Crippen LogP contribution is -2.10. The van der Waals surface area contributed by atoms with Crippen LogP contribution in [-0.4, -0.2) is 26.9 Å². The highest BCUT2D eigenvalue weighted by molar-refractivity contribution is 5.05. The van der Waals surface area contributed by atoms with Gasteiger partial charge in [-0.1, -0.05) is 19.3 Å². The number of hydrogen-bond donors (Lipinski definition) is 1. The van der Waals surface area contributed by atoms with Gasteiger partial charge in [0.25, 0.3) is 0 Å². The third-order valence-corrected chi connectivity index (χ3v) is 2.98. The Morgan fingerprint density at radius 1 is 1.27 bits per heavy atom. The molecular formula is C11H17N3O. The zero-order chi connectivity index (χ0) is 10.5. The summed E-state index contributed by atoms with van der Waals surface area (Å²) >= 11 is 0. The number of rotatable bonds is 3. The lowest BCUT2D eigenvalue weighted by molar-refractivity contribution is 0.295. The molecule has 0 spiro atoms. The molecule has 1 aromatic rings. The first-order valence-corrected chi connectivity index (χ1v) is 5.69. The Morgan fingerprint density at radius 2 is 2.07 bits per heavy atom. The average Bonchev–Trinajstić information content (AvgIpc) is 2.31. The van der Waals surface area contributed by atoms with Crippen molar-refractivity contribution >= 4 is 0 Å². The summed E-state index contributed by atoms with van der Waals surface area (Å²) < 4.78 is 0. The maximum Gasteiger partial charge on any atom is 0.153 e. The van der Waals surface area contributed by atoms with E-state index in [-0.39, 0.29) is 6.61 Å². The molecule has 0 aliphatic heterocycles. The molecule has 4 nitrogen and oxygen atoms in total. The third-order valence-electron chi connectivity index (χ3n) is 2.98. The fraction of sp³-hybridized carbons (Fsp3) is 0.727. The Balaban J connectivity index is 2.09. The zero-order valence-corrected chi connectivity index (χ0v) is 8.89. The molecule has 82 valence electrons. The summed E-state index contributed by atoms with van der Waals surface area (Å²) in [6.07, 6.45) is 8.66. The van der Waals surface area contributed by atoms with Crippen molar-refractivity contribution in [3.05, 3.63) is 17.7 Å². The first kappa shape index (κ1) is 10.5. The second-order valence-electron chi connectivity index (χ2n) is 4.11. The molecular weight excluding hydrogens is 190 g/mol. The van der Waals surface area contributed by atoms with Crippen LogP contribution in [0.3, 0.4) is 0 Å². The maximum atomic E-state index is 8.81. The number of hydrogen-bond acceptors (Lipinski definition) is 4. The normalized spacial score (nSPS) is 17.9. The van der Waals surface area contributed by atoms with Gasteiger partial charge in [-0.2, -0.15) is 5.10 Å². The molecule has 2 rings (SSSR count). The first-order chi connectivity index (χ1) is 7.40. The van der Waals surface area contributed by atoms with Crippen LogP contribution in [0.4, 0.5) is 0 Å². The molecule has 0 saturated heterocycles. The van der Waals surface area contributed by atoms with E-state index < -0.39 is 0 Å². The lowest BCUT2D eigenvalue weighted by Gasteiger charge is -2.20. The Labute approximate surface area is 89.8 Å². The van der Waals surface area contributed by atoms with Crippen molar-refractivity contribution in [2.45, 2.75) is 44.4 Å². The average molecular weight is 207 g/mol. The third kappa shape index (κ3) is 2.72. The molecule has 0 amide bonds. The van der Waals surface area contributed by atoms with E-state index in [1.54, 1.807) is 6.20 Å². The van der Waals surface area contributed by atoms with E-state index in [1.165, 1.54) is 32.1 Å². The van der Waals surface area contributed by atoms with Crippen LogP contribution in [0.15, 0.2) is 6.20 Å². The van der Waals surface area contributed by atoms with Gasteiger partial charge in [-0.25, -0.2) is 4.98 Å². The van der Waals surface area contributed by atoms with E-state index in [0.29, 0.717) is 18.2 Å². The van der Waals surface area contributed by atoms with Gasteiger partial charge in [-0.05, 0) is 12.8 Å². The lowest BCUT2D eigenvalue weighted by atomic mass is 9.87. The van der Waals surface area contributed by atoms with Crippen LogP contribution in [0, 0.1) is 0 Å². The summed E-state index contributed by atoms with van der Waals surface area (Å²) in [6.45, 7) is 0.0931. The predicted molar refractivity (Wildman–Crippen MR) is 56.4 cm³/mol. The van der Waals surface area contributed by atoms with E-state index in [9.17, 15) is 0 Å². The smallest absolute Gasteiger partial charge is 0.153 e. The van der Waals surface area contributed by atoms with Crippen molar-refractivity contribution < 1.29 is 5.11 Å². The summed E-state index contributed by atoms with van der Waals surface area (Å²) in [6, 6.07) is 0. The molecule has 0 bridgehead atoms. The minimum Gasteiger partial charge on any atom is -0.396 e. The largest absolute Gasteiger partial charge is 0.396 e. The topological polar surface area (TPSA) is 58.9 Å². The minimum absolute atomic E-state index is 0.0931. The van der Waals surface area contributed by atoms with E-state index in [2.05, 4.69) is 15.2 Å². The molecule has 0 radical (unpaired) electrons. The van der Waals surface area contributed by atoms with E-state index >= 15 is 0 Å². The molecule has 1 N–H and O–H groups in total. The van der Waals surface area contributed by atoms with Crippen LogP contribution in [0.2, 0.25) is 0 Å². The molecule has 0 aromatic carbocycles. The number of aliphatic hydroxyl groups excluding tert-OH is 1. The van der Waals surface area contributed by atoms with Gasteiger partial charge in [0.2, 0.25) is 0 Å². The highest BCUT2D eigenvalue weighted by atomic mass is 16.3. The molecule has 0 unspecified atom stereocenters. The van der Waals surface area contributed by atoms with E-state index in [0.717, 1.165) is 5.69 Å². The van der Waals surface area contributed by atoms with Gasteiger partial charge < -0.3 is 5.11 Å². The molecule has 15 heavy (non-hydrogen) atoms. The van der Waals surface area contributed by atoms with Crippen LogP contribution in [0.5, 0.6) is 0 Å². The van der Waals surface area contributed by atoms with Crippen LogP contribution >= 0.6 is 0 Å². The molecule has 1 aromatic heterocycles. The molecule has 1 fully saturated rings. The van der Waals surface area contributed by atoms with Gasteiger partial charge in [-0.15, -0.1) is 5.10 Å². The van der Waals surface area contributed by atoms with Gasteiger partial charge in [0.1, 0.15) is 0 Å². The second-order valence-corrected chi connectivity index (χ2v) is 4.11. The number of nitrogens with zero attached hydrogens (tertiary/aromatic N) is 3. The van der Waals surface area contributed by atoms with Crippen molar-refractivity contribution in [1.82, 2.24) is 15.2 Å². The van der Waals surface area contributed by atoms with Crippen molar-refractivity contribution in [3.8, 4) is 0 Å². The molecule has 1 saturated carbocycles. The Bertz CT molecular complexity index is 310. The van der Waals surface area contributed by atoms with Crippen molar-refractivity contribution in [2.75, 3.05) is 6.61 Å². The molecule has 1 aliphatic rings. The fourth-order valence-electron chi connectivity index (χ4n) is 2.16. The Hall–Kier alpha value is -1.03. The molecule has 1 heterocycles. The highest BCUT2D eigenvalue weighted by Crippen LogP contribution is 2.30. The SMILES string of the molecule is OCCc1nncc(C2CCCCC2)n1. The molecule has 1 aliphatic carbocycles. The van der Waals surface area contributed by atoms with Crippen LogP contribution in [0.25, 0.3) is 0 Å². The summed E-state index contributed by atoms with van der Waals surface area (Å²) in [7, 11) is 0. The summed E-state index contributed by atoms with van der Waals surface area (Å²) in [5.74, 6) is 1.23. The summed E-state index contributed by atoms with van der Waals surface area (Å²) in [4.78, 5) is 4.45. The molecule has 0 atom stereocenters. The highest BCUT2D eigenvalue weighted by Gasteiger charge is 2.17. The van der Waals surface area contributed by atoms with Crippen LogP contribution < -0.4 is 0 Å². The van der Waals surface area contributed by atoms with Crippen LogP contribution in [0.1, 0.15) is 49.5 Å². The van der Waals surface area contributed by atoms with Gasteiger partial charge in [0.15, 0.2) is 5.82 Å². The Morgan fingerprint density at radius 3 is 2.80 bits per heavy atom. The van der Waals surface area contributed by atoms with E-state index in [4.69, 9.17) is 5.11 Å². The van der Waals surface area contributed by atoms with Crippen molar-refractivity contribution in [3.63, 3.8) is 0 Å². The van der Waals surface area contributed by atoms with E-state index in [1.807, 2.05) is 0 Å². The minimum atomic E-state index is 0.0931. The number of aliphatic hydroxyl groups is 1. The fourth-order valence-corrected chi connectivity index (χ4v) is 2.16. The predicted octanol–water partition coefficient (Wildman–Crippen LogP) is 1.45. The van der Waals surface area contributed by atoms with Gasteiger partial charge >= 0.3 is 0 Å². The maximum absolute atomic E-state index is 8.81. The van der Waals surface area contributed by atoms with Crippen molar-refractivity contribution in [1.29, 1.82) is 0 Å². The van der Waals surface area contributed by atoms with Crippen LogP contribution in [-0.2, 0) is 6.42 Å². The summed E-state index contributed by atoms with van der Waals surface area (Å²) in [5, 5.41) is 16.7. The monoisotopic (exact) mass is 207 g/mol. The van der Waals surface area contributed by atoms with Gasteiger partial charge in [-0.3, -0.25) is 0 Å². The Kier molecular flexibility index (Phi) is 3.61. The zero-order valence-electron chi connectivity index (χ0n) is 8.89. The summed E-state index contributed by atoms with van der Waals surface area (Å²) in [5.41, 5.74) is 1.06. The van der Waals surface area contributed by atoms with Crippen molar-refractivity contribution in [2.24, 2.45) is 0 Å². The molecule has 4 heteroatoms. The quantitative estimate of drug-likeness (QED) is 0.815.